The molecule has 2 heterocycles. The second-order valence-corrected chi connectivity index (χ2v) is 6.50. The summed E-state index contributed by atoms with van der Waals surface area (Å²) in [4.78, 5) is 15.2. The van der Waals surface area contributed by atoms with Crippen LogP contribution in [0.5, 0.6) is 0 Å². The van der Waals surface area contributed by atoms with E-state index < -0.39 is 6.10 Å². The number of benzene rings is 1. The van der Waals surface area contributed by atoms with Crippen LogP contribution >= 0.6 is 36.4 Å². The van der Waals surface area contributed by atoms with Gasteiger partial charge in [-0.3, -0.25) is 0 Å². The Morgan fingerprint density at radius 3 is 2.43 bits per heavy atom. The summed E-state index contributed by atoms with van der Waals surface area (Å²) < 4.78 is 1.86. The fourth-order valence-corrected chi connectivity index (χ4v) is 2.97. The van der Waals surface area contributed by atoms with Crippen LogP contribution in [0.1, 0.15) is 13.8 Å². The van der Waals surface area contributed by atoms with Crippen molar-refractivity contribution in [1.82, 2.24) is 24.4 Å². The first kappa shape index (κ1) is 24.4. The zero-order valence-corrected chi connectivity index (χ0v) is 18.1. The predicted octanol–water partition coefficient (Wildman–Crippen LogP) is 3.77. The summed E-state index contributed by atoms with van der Waals surface area (Å²) in [6.07, 6.45) is 2.70. The van der Waals surface area contributed by atoms with Crippen LogP contribution in [0, 0.1) is 0 Å². The maximum Gasteiger partial charge on any atom is 0.165 e. The third kappa shape index (κ3) is 5.93. The molecule has 28 heavy (non-hydrogen) atoms. The first-order valence-corrected chi connectivity index (χ1v) is 9.07. The Balaban J connectivity index is 0.00000196. The van der Waals surface area contributed by atoms with Gasteiger partial charge in [0.2, 0.25) is 0 Å². The molecule has 0 spiro atoms. The SMILES string of the molecule is CCN(CC)CC(O)Cn1cnc2c(Nc3ccc(Cl)cc3)ncnc21.Cl.Cl. The first-order valence-electron chi connectivity index (χ1n) is 8.69. The van der Waals surface area contributed by atoms with E-state index in [1.165, 1.54) is 6.33 Å². The van der Waals surface area contributed by atoms with Gasteiger partial charge < -0.3 is 19.9 Å². The zero-order chi connectivity index (χ0) is 18.5. The summed E-state index contributed by atoms with van der Waals surface area (Å²) >= 11 is 5.92. The number of hydrogen-bond acceptors (Lipinski definition) is 6. The summed E-state index contributed by atoms with van der Waals surface area (Å²) in [5, 5.41) is 14.3. The van der Waals surface area contributed by atoms with Crippen LogP contribution in [0.15, 0.2) is 36.9 Å². The van der Waals surface area contributed by atoms with E-state index in [4.69, 9.17) is 11.6 Å². The first-order chi connectivity index (χ1) is 12.6. The second-order valence-electron chi connectivity index (χ2n) is 6.06. The Labute approximate surface area is 182 Å². The summed E-state index contributed by atoms with van der Waals surface area (Å²) in [7, 11) is 0. The number of imidazole rings is 1. The number of likely N-dealkylation sites (N-methyl/N-ethyl adjacent to an activating group) is 1. The van der Waals surface area contributed by atoms with Crippen LogP contribution in [0.2, 0.25) is 5.02 Å². The van der Waals surface area contributed by atoms with Crippen molar-refractivity contribution in [2.45, 2.75) is 26.5 Å². The van der Waals surface area contributed by atoms with E-state index in [1.807, 2.05) is 28.8 Å². The quantitative estimate of drug-likeness (QED) is 0.547. The highest BCUT2D eigenvalue weighted by Gasteiger charge is 2.14. The molecule has 1 unspecified atom stereocenters. The van der Waals surface area contributed by atoms with Crippen LogP contribution in [-0.2, 0) is 6.54 Å². The molecule has 154 valence electrons. The van der Waals surface area contributed by atoms with Gasteiger partial charge in [0.05, 0.1) is 19.0 Å². The monoisotopic (exact) mass is 446 g/mol. The third-order valence-electron chi connectivity index (χ3n) is 4.28. The lowest BCUT2D eigenvalue weighted by atomic mass is 10.3. The Hall–Kier alpha value is -1.64. The molecule has 0 fully saturated rings. The van der Waals surface area contributed by atoms with Crippen molar-refractivity contribution < 1.29 is 5.11 Å². The fraction of sp³-hybridized carbons (Fsp3) is 0.389. The number of aliphatic hydroxyl groups excluding tert-OH is 1. The maximum absolute atomic E-state index is 10.4. The van der Waals surface area contributed by atoms with E-state index in [9.17, 15) is 5.11 Å². The molecule has 3 aromatic rings. The molecule has 0 aliphatic carbocycles. The van der Waals surface area contributed by atoms with Crippen molar-refractivity contribution in [3.05, 3.63) is 41.9 Å². The molecule has 2 N–H and O–H groups in total. The number of hydrogen-bond donors (Lipinski definition) is 2. The van der Waals surface area contributed by atoms with E-state index in [2.05, 4.69) is 39.0 Å². The number of aromatic nitrogens is 4. The Kier molecular flexibility index (Phi) is 9.92. The Morgan fingerprint density at radius 2 is 1.79 bits per heavy atom. The Bertz CT molecular complexity index is 854. The minimum absolute atomic E-state index is 0. The summed E-state index contributed by atoms with van der Waals surface area (Å²) in [6, 6.07) is 7.37. The molecule has 3 rings (SSSR count). The smallest absolute Gasteiger partial charge is 0.165 e. The molecule has 2 aromatic heterocycles. The highest BCUT2D eigenvalue weighted by Crippen LogP contribution is 2.23. The molecule has 10 heteroatoms. The van der Waals surface area contributed by atoms with Crippen LogP contribution in [0.4, 0.5) is 11.5 Å². The number of rotatable bonds is 8. The summed E-state index contributed by atoms with van der Waals surface area (Å²) in [5.41, 5.74) is 2.22. The van der Waals surface area contributed by atoms with Crippen LogP contribution in [0.25, 0.3) is 11.2 Å². The van der Waals surface area contributed by atoms with Crippen molar-refractivity contribution in [3.63, 3.8) is 0 Å². The van der Waals surface area contributed by atoms with Gasteiger partial charge in [-0.15, -0.1) is 24.8 Å². The molecular formula is C18H25Cl3N6O. The molecule has 0 radical (unpaired) electrons. The fourth-order valence-electron chi connectivity index (χ4n) is 2.84. The van der Waals surface area contributed by atoms with Gasteiger partial charge in [-0.2, -0.15) is 0 Å². The van der Waals surface area contributed by atoms with Crippen LogP contribution in [-0.4, -0.2) is 55.3 Å². The molecule has 0 aliphatic rings. The highest BCUT2D eigenvalue weighted by molar-refractivity contribution is 6.30. The minimum atomic E-state index is -0.491. The standard InChI is InChI=1S/C18H23ClN6O.2ClH/c1-3-24(4-2)9-15(26)10-25-12-22-16-17(20-11-21-18(16)25)23-14-7-5-13(19)6-8-14;;/h5-8,11-12,15,26H,3-4,9-10H2,1-2H3,(H,20,21,23);2*1H. The molecule has 0 amide bonds. The topological polar surface area (TPSA) is 79.1 Å². The average Bonchev–Trinajstić information content (AvgIpc) is 3.05. The van der Waals surface area contributed by atoms with E-state index in [1.54, 1.807) is 6.33 Å². The van der Waals surface area contributed by atoms with Crippen molar-refractivity contribution in [3.8, 4) is 0 Å². The average molecular weight is 448 g/mol. The predicted molar refractivity (Wildman–Crippen MR) is 118 cm³/mol. The van der Waals surface area contributed by atoms with E-state index in [-0.39, 0.29) is 24.8 Å². The van der Waals surface area contributed by atoms with Crippen molar-refractivity contribution in [2.24, 2.45) is 0 Å². The number of halogens is 3. The van der Waals surface area contributed by atoms with E-state index in [0.717, 1.165) is 18.8 Å². The number of anilines is 2. The molecule has 0 aliphatic heterocycles. The molecule has 1 atom stereocenters. The molecule has 0 bridgehead atoms. The summed E-state index contributed by atoms with van der Waals surface area (Å²) in [5.74, 6) is 0.620. The van der Waals surface area contributed by atoms with Gasteiger partial charge >= 0.3 is 0 Å². The van der Waals surface area contributed by atoms with Gasteiger partial charge in [-0.05, 0) is 37.4 Å². The molecule has 1 aromatic carbocycles. The lowest BCUT2D eigenvalue weighted by molar-refractivity contribution is 0.104. The minimum Gasteiger partial charge on any atom is -0.390 e. The molecule has 0 saturated carbocycles. The van der Waals surface area contributed by atoms with Crippen LogP contribution < -0.4 is 5.32 Å². The zero-order valence-electron chi connectivity index (χ0n) is 15.7. The Morgan fingerprint density at radius 1 is 1.11 bits per heavy atom. The number of nitrogens with one attached hydrogen (secondary N) is 1. The van der Waals surface area contributed by atoms with Gasteiger partial charge in [0.15, 0.2) is 17.0 Å². The van der Waals surface area contributed by atoms with Crippen molar-refractivity contribution >= 4 is 59.1 Å². The number of fused-ring (bicyclic) bond motifs is 1. The van der Waals surface area contributed by atoms with Crippen LogP contribution in [0.3, 0.4) is 0 Å². The van der Waals surface area contributed by atoms with E-state index in [0.29, 0.717) is 35.1 Å². The largest absolute Gasteiger partial charge is 0.390 e. The van der Waals surface area contributed by atoms with Crippen molar-refractivity contribution in [2.75, 3.05) is 25.0 Å². The third-order valence-corrected chi connectivity index (χ3v) is 4.53. The normalized spacial score (nSPS) is 11.8. The van der Waals surface area contributed by atoms with Gasteiger partial charge in [0.1, 0.15) is 6.33 Å². The lowest BCUT2D eigenvalue weighted by Gasteiger charge is -2.22. The van der Waals surface area contributed by atoms with Gasteiger partial charge in [-0.25, -0.2) is 15.0 Å². The molecule has 7 nitrogen and oxygen atoms in total. The maximum atomic E-state index is 10.4. The van der Waals surface area contributed by atoms with Gasteiger partial charge in [0.25, 0.3) is 0 Å². The number of nitrogens with zero attached hydrogens (tertiary/aromatic N) is 5. The molecular weight excluding hydrogens is 423 g/mol. The highest BCUT2D eigenvalue weighted by atomic mass is 35.5. The molecule has 0 saturated heterocycles. The summed E-state index contributed by atoms with van der Waals surface area (Å²) in [6.45, 7) is 7.05. The lowest BCUT2D eigenvalue weighted by Crippen LogP contribution is -2.34. The number of aliphatic hydroxyl groups is 1. The van der Waals surface area contributed by atoms with E-state index >= 15 is 0 Å². The van der Waals surface area contributed by atoms with Gasteiger partial charge in [-0.1, -0.05) is 25.4 Å². The van der Waals surface area contributed by atoms with Crippen molar-refractivity contribution in [1.29, 1.82) is 0 Å². The second kappa shape index (κ2) is 11.4. The van der Waals surface area contributed by atoms with Gasteiger partial charge in [0, 0.05) is 17.3 Å².